The number of carbonyl (C=O) groups is 1. The first-order valence-corrected chi connectivity index (χ1v) is 6.49. The van der Waals surface area contributed by atoms with Gasteiger partial charge in [0.1, 0.15) is 5.82 Å². The molecule has 0 saturated heterocycles. The fourth-order valence-electron chi connectivity index (χ4n) is 2.44. The van der Waals surface area contributed by atoms with Crippen LogP contribution in [-0.2, 0) is 0 Å². The van der Waals surface area contributed by atoms with Crippen LogP contribution in [0.3, 0.4) is 0 Å². The summed E-state index contributed by atoms with van der Waals surface area (Å²) in [5.41, 5.74) is 1.69. The Hall–Kier alpha value is -2.36. The molecule has 1 fully saturated rings. The van der Waals surface area contributed by atoms with E-state index < -0.39 is 11.8 Å². The maximum absolute atomic E-state index is 13.1. The van der Waals surface area contributed by atoms with Gasteiger partial charge in [-0.15, -0.1) is 0 Å². The molecule has 1 saturated carbocycles. The number of anilines is 1. The van der Waals surface area contributed by atoms with Gasteiger partial charge in [-0.3, -0.25) is 0 Å². The quantitative estimate of drug-likeness (QED) is 0.895. The summed E-state index contributed by atoms with van der Waals surface area (Å²) < 4.78 is 13.1. The molecule has 0 bridgehead atoms. The van der Waals surface area contributed by atoms with Crippen LogP contribution in [0, 0.1) is 5.82 Å². The molecule has 1 aliphatic rings. The third kappa shape index (κ3) is 2.50. The Morgan fingerprint density at radius 2 is 1.95 bits per heavy atom. The SMILES string of the molecule is O=C(O)c1cc(F)ccc1NC1CC1c1ccccc1. The molecule has 0 spiro atoms. The first-order chi connectivity index (χ1) is 9.65. The summed E-state index contributed by atoms with van der Waals surface area (Å²) in [4.78, 5) is 11.1. The number of halogens is 1. The minimum atomic E-state index is -1.12. The molecule has 0 heterocycles. The second-order valence-corrected chi connectivity index (χ2v) is 5.00. The van der Waals surface area contributed by atoms with Crippen LogP contribution in [0.15, 0.2) is 48.5 Å². The Labute approximate surface area is 116 Å². The molecule has 2 atom stereocenters. The Morgan fingerprint density at radius 3 is 2.65 bits per heavy atom. The average Bonchev–Trinajstić information content (AvgIpc) is 3.21. The van der Waals surface area contributed by atoms with Crippen LogP contribution in [0.4, 0.5) is 10.1 Å². The van der Waals surface area contributed by atoms with Crippen molar-refractivity contribution in [2.45, 2.75) is 18.4 Å². The fraction of sp³-hybridized carbons (Fsp3) is 0.188. The molecule has 3 rings (SSSR count). The summed E-state index contributed by atoms with van der Waals surface area (Å²) >= 11 is 0. The zero-order valence-corrected chi connectivity index (χ0v) is 10.7. The van der Waals surface area contributed by atoms with Gasteiger partial charge in [-0.1, -0.05) is 30.3 Å². The van der Waals surface area contributed by atoms with Crippen molar-refractivity contribution < 1.29 is 14.3 Å². The smallest absolute Gasteiger partial charge is 0.337 e. The van der Waals surface area contributed by atoms with E-state index in [4.69, 9.17) is 5.11 Å². The maximum Gasteiger partial charge on any atom is 0.337 e. The standard InChI is InChI=1S/C16H14FNO2/c17-11-6-7-14(13(8-11)16(19)20)18-15-9-12(15)10-4-2-1-3-5-10/h1-8,12,15,18H,9H2,(H,19,20). The molecule has 0 amide bonds. The molecule has 0 radical (unpaired) electrons. The lowest BCUT2D eigenvalue weighted by molar-refractivity contribution is 0.0697. The lowest BCUT2D eigenvalue weighted by Crippen LogP contribution is -2.09. The molecule has 102 valence electrons. The van der Waals surface area contributed by atoms with Gasteiger partial charge in [-0.05, 0) is 30.2 Å². The van der Waals surface area contributed by atoms with Crippen LogP contribution in [0.1, 0.15) is 28.3 Å². The second kappa shape index (κ2) is 4.96. The van der Waals surface area contributed by atoms with Gasteiger partial charge < -0.3 is 10.4 Å². The number of carboxylic acid groups (broad SMARTS) is 1. The van der Waals surface area contributed by atoms with Crippen LogP contribution in [0.25, 0.3) is 0 Å². The topological polar surface area (TPSA) is 49.3 Å². The normalized spacial score (nSPS) is 20.4. The highest BCUT2D eigenvalue weighted by Crippen LogP contribution is 2.43. The highest BCUT2D eigenvalue weighted by Gasteiger charge is 2.38. The van der Waals surface area contributed by atoms with E-state index in [1.165, 1.54) is 17.7 Å². The Balaban J connectivity index is 1.76. The Bertz CT molecular complexity index is 642. The van der Waals surface area contributed by atoms with Gasteiger partial charge in [0, 0.05) is 17.6 Å². The molecule has 2 unspecified atom stereocenters. The Morgan fingerprint density at radius 1 is 1.20 bits per heavy atom. The minimum absolute atomic E-state index is 0.0243. The van der Waals surface area contributed by atoms with Crippen LogP contribution < -0.4 is 5.32 Å². The van der Waals surface area contributed by atoms with Crippen LogP contribution in [0.2, 0.25) is 0 Å². The van der Waals surface area contributed by atoms with Crippen molar-refractivity contribution >= 4 is 11.7 Å². The number of hydrogen-bond donors (Lipinski definition) is 2. The first-order valence-electron chi connectivity index (χ1n) is 6.49. The third-order valence-electron chi connectivity index (χ3n) is 3.57. The number of aromatic carboxylic acids is 1. The van der Waals surface area contributed by atoms with E-state index in [-0.39, 0.29) is 11.6 Å². The van der Waals surface area contributed by atoms with Crippen molar-refractivity contribution in [2.24, 2.45) is 0 Å². The van der Waals surface area contributed by atoms with Crippen LogP contribution in [-0.4, -0.2) is 17.1 Å². The lowest BCUT2D eigenvalue weighted by Gasteiger charge is -2.09. The van der Waals surface area contributed by atoms with Crippen molar-refractivity contribution in [3.63, 3.8) is 0 Å². The van der Waals surface area contributed by atoms with Crippen molar-refractivity contribution in [3.8, 4) is 0 Å². The molecule has 0 aliphatic heterocycles. The van der Waals surface area contributed by atoms with E-state index in [2.05, 4.69) is 17.4 Å². The molecule has 4 heteroatoms. The largest absolute Gasteiger partial charge is 0.478 e. The number of nitrogens with one attached hydrogen (secondary N) is 1. The molecule has 1 aliphatic carbocycles. The van der Waals surface area contributed by atoms with Crippen LogP contribution >= 0.6 is 0 Å². The van der Waals surface area contributed by atoms with E-state index >= 15 is 0 Å². The highest BCUT2D eigenvalue weighted by molar-refractivity contribution is 5.94. The first kappa shape index (κ1) is 12.7. The van der Waals surface area contributed by atoms with Crippen molar-refractivity contribution in [2.75, 3.05) is 5.32 Å². The number of carboxylic acids is 1. The maximum atomic E-state index is 13.1. The zero-order chi connectivity index (χ0) is 14.1. The highest BCUT2D eigenvalue weighted by atomic mass is 19.1. The number of benzene rings is 2. The molecule has 3 nitrogen and oxygen atoms in total. The van der Waals surface area contributed by atoms with Gasteiger partial charge in [0.15, 0.2) is 0 Å². The number of rotatable bonds is 4. The van der Waals surface area contributed by atoms with Gasteiger partial charge in [0.25, 0.3) is 0 Å². The van der Waals surface area contributed by atoms with Gasteiger partial charge >= 0.3 is 5.97 Å². The molecule has 20 heavy (non-hydrogen) atoms. The Kier molecular flexibility index (Phi) is 3.14. The van der Waals surface area contributed by atoms with Gasteiger partial charge in [-0.2, -0.15) is 0 Å². The lowest BCUT2D eigenvalue weighted by atomic mass is 10.1. The van der Waals surface area contributed by atoms with E-state index in [0.29, 0.717) is 11.6 Å². The van der Waals surface area contributed by atoms with Crippen LogP contribution in [0.5, 0.6) is 0 Å². The van der Waals surface area contributed by atoms with E-state index in [0.717, 1.165) is 12.5 Å². The molecule has 2 aromatic carbocycles. The van der Waals surface area contributed by atoms with E-state index in [1.54, 1.807) is 0 Å². The van der Waals surface area contributed by atoms with Crippen molar-refractivity contribution in [1.29, 1.82) is 0 Å². The summed E-state index contributed by atoms with van der Waals surface area (Å²) in [6.45, 7) is 0. The monoisotopic (exact) mass is 271 g/mol. The summed E-state index contributed by atoms with van der Waals surface area (Å²) in [5, 5.41) is 12.3. The predicted octanol–water partition coefficient (Wildman–Crippen LogP) is 3.49. The average molecular weight is 271 g/mol. The minimum Gasteiger partial charge on any atom is -0.478 e. The van der Waals surface area contributed by atoms with Gasteiger partial charge in [-0.25, -0.2) is 9.18 Å². The molecule has 2 N–H and O–H groups in total. The van der Waals surface area contributed by atoms with Gasteiger partial charge in [0.2, 0.25) is 0 Å². The summed E-state index contributed by atoms with van der Waals surface area (Å²) in [6.07, 6.45) is 0.959. The summed E-state index contributed by atoms with van der Waals surface area (Å²) in [5.74, 6) is -1.27. The van der Waals surface area contributed by atoms with Crippen molar-refractivity contribution in [1.82, 2.24) is 0 Å². The molecule has 0 aromatic heterocycles. The molecular weight excluding hydrogens is 257 g/mol. The fourth-order valence-corrected chi connectivity index (χ4v) is 2.44. The predicted molar refractivity (Wildman–Crippen MR) is 74.6 cm³/mol. The van der Waals surface area contributed by atoms with E-state index in [1.807, 2.05) is 18.2 Å². The summed E-state index contributed by atoms with van der Waals surface area (Å²) in [6, 6.07) is 14.1. The molecule has 2 aromatic rings. The molecular formula is C16H14FNO2. The van der Waals surface area contributed by atoms with E-state index in [9.17, 15) is 9.18 Å². The van der Waals surface area contributed by atoms with Gasteiger partial charge in [0.05, 0.1) is 5.56 Å². The van der Waals surface area contributed by atoms with Crippen molar-refractivity contribution in [3.05, 3.63) is 65.5 Å². The number of hydrogen-bond acceptors (Lipinski definition) is 2. The summed E-state index contributed by atoms with van der Waals surface area (Å²) in [7, 11) is 0. The third-order valence-corrected chi connectivity index (χ3v) is 3.57. The zero-order valence-electron chi connectivity index (χ0n) is 10.7. The second-order valence-electron chi connectivity index (χ2n) is 5.00.